The van der Waals surface area contributed by atoms with Crippen LogP contribution in [0.4, 0.5) is 0 Å². The molecule has 106 valence electrons. The van der Waals surface area contributed by atoms with Gasteiger partial charge < -0.3 is 10.1 Å². The minimum Gasteiger partial charge on any atom is -0.466 e. The first-order valence-electron chi connectivity index (χ1n) is 7.15. The molecule has 1 aromatic rings. The van der Waals surface area contributed by atoms with Crippen molar-refractivity contribution < 1.29 is 9.53 Å². The molecule has 0 spiro atoms. The van der Waals surface area contributed by atoms with Crippen LogP contribution < -0.4 is 5.32 Å². The van der Waals surface area contributed by atoms with Gasteiger partial charge in [-0.05, 0) is 45.2 Å². The van der Waals surface area contributed by atoms with Gasteiger partial charge in [0.1, 0.15) is 0 Å². The molecule has 1 unspecified atom stereocenters. The number of esters is 1. The fraction of sp³-hybridized carbons (Fsp3) is 0.562. The highest BCUT2D eigenvalue weighted by Gasteiger charge is 2.03. The number of ether oxygens (including phenoxy) is 1. The molecule has 3 nitrogen and oxygen atoms in total. The molecule has 0 radical (unpaired) electrons. The van der Waals surface area contributed by atoms with Crippen LogP contribution in [0.25, 0.3) is 0 Å². The van der Waals surface area contributed by atoms with E-state index in [1.54, 1.807) is 0 Å². The number of unbranched alkanes of at least 4 members (excludes halogenated alkanes) is 1. The molecule has 1 N–H and O–H groups in total. The lowest BCUT2D eigenvalue weighted by molar-refractivity contribution is -0.143. The fourth-order valence-electron chi connectivity index (χ4n) is 2.02. The molecule has 1 rings (SSSR count). The number of rotatable bonds is 9. The predicted molar refractivity (Wildman–Crippen MR) is 78.1 cm³/mol. The Kier molecular flexibility index (Phi) is 7.91. The monoisotopic (exact) mass is 263 g/mol. The molecular weight excluding hydrogens is 238 g/mol. The zero-order valence-electron chi connectivity index (χ0n) is 12.0. The van der Waals surface area contributed by atoms with Gasteiger partial charge in [-0.2, -0.15) is 0 Å². The molecule has 0 aliphatic carbocycles. The maximum Gasteiger partial charge on any atom is 0.305 e. The summed E-state index contributed by atoms with van der Waals surface area (Å²) in [4.78, 5) is 11.1. The molecule has 1 aromatic carbocycles. The lowest BCUT2D eigenvalue weighted by Crippen LogP contribution is -2.29. The van der Waals surface area contributed by atoms with Crippen molar-refractivity contribution >= 4 is 5.97 Å². The van der Waals surface area contributed by atoms with Crippen molar-refractivity contribution in [1.29, 1.82) is 0 Å². The van der Waals surface area contributed by atoms with Gasteiger partial charge in [0.05, 0.1) is 6.61 Å². The van der Waals surface area contributed by atoms with E-state index in [2.05, 4.69) is 36.5 Å². The summed E-state index contributed by atoms with van der Waals surface area (Å²) in [5.41, 5.74) is 1.36. The highest BCUT2D eigenvalue weighted by atomic mass is 16.5. The van der Waals surface area contributed by atoms with Gasteiger partial charge in [0, 0.05) is 12.5 Å². The summed E-state index contributed by atoms with van der Waals surface area (Å²) in [6.07, 6.45) is 3.48. The standard InChI is InChI=1S/C16H25NO2/c1-3-19-16(18)11-7-8-12-17-14(2)13-15-9-5-4-6-10-15/h4-6,9-10,14,17H,3,7-8,11-13H2,1-2H3. The molecule has 0 fully saturated rings. The molecule has 0 aromatic heterocycles. The summed E-state index contributed by atoms with van der Waals surface area (Å²) in [7, 11) is 0. The largest absolute Gasteiger partial charge is 0.466 e. The number of carbonyl (C=O) groups excluding carboxylic acids is 1. The first kappa shape index (κ1) is 15.7. The van der Waals surface area contributed by atoms with Crippen LogP contribution in [0.3, 0.4) is 0 Å². The molecule has 1 atom stereocenters. The van der Waals surface area contributed by atoms with Gasteiger partial charge in [-0.15, -0.1) is 0 Å². The Morgan fingerprint density at radius 3 is 2.68 bits per heavy atom. The summed E-state index contributed by atoms with van der Waals surface area (Å²) in [6.45, 7) is 5.46. The van der Waals surface area contributed by atoms with Crippen molar-refractivity contribution in [2.24, 2.45) is 0 Å². The Balaban J connectivity index is 2.04. The van der Waals surface area contributed by atoms with Crippen LogP contribution >= 0.6 is 0 Å². The Labute approximate surface area is 116 Å². The molecule has 0 aliphatic heterocycles. The van der Waals surface area contributed by atoms with E-state index in [0.29, 0.717) is 19.1 Å². The van der Waals surface area contributed by atoms with Crippen LogP contribution in [0.15, 0.2) is 30.3 Å². The van der Waals surface area contributed by atoms with Crippen molar-refractivity contribution in [3.8, 4) is 0 Å². The van der Waals surface area contributed by atoms with Crippen LogP contribution in [-0.2, 0) is 16.0 Å². The maximum atomic E-state index is 11.1. The Morgan fingerprint density at radius 1 is 1.26 bits per heavy atom. The number of hydrogen-bond acceptors (Lipinski definition) is 3. The zero-order chi connectivity index (χ0) is 13.9. The summed E-state index contributed by atoms with van der Waals surface area (Å²) in [6, 6.07) is 10.9. The second kappa shape index (κ2) is 9.56. The Bertz CT molecular complexity index is 351. The number of benzene rings is 1. The van der Waals surface area contributed by atoms with Gasteiger partial charge >= 0.3 is 5.97 Å². The minimum atomic E-state index is -0.0835. The third kappa shape index (κ3) is 7.62. The highest BCUT2D eigenvalue weighted by Crippen LogP contribution is 2.03. The van der Waals surface area contributed by atoms with E-state index in [1.807, 2.05) is 13.0 Å². The molecule has 0 saturated heterocycles. The molecule has 0 aliphatic rings. The topological polar surface area (TPSA) is 38.3 Å². The first-order chi connectivity index (χ1) is 9.22. The van der Waals surface area contributed by atoms with E-state index in [0.717, 1.165) is 25.8 Å². The van der Waals surface area contributed by atoms with E-state index < -0.39 is 0 Å². The average Bonchev–Trinajstić information content (AvgIpc) is 2.40. The van der Waals surface area contributed by atoms with Crippen molar-refractivity contribution in [2.75, 3.05) is 13.2 Å². The minimum absolute atomic E-state index is 0.0835. The lowest BCUT2D eigenvalue weighted by Gasteiger charge is -2.13. The molecule has 0 amide bonds. The van der Waals surface area contributed by atoms with Gasteiger partial charge in [-0.3, -0.25) is 4.79 Å². The molecule has 0 bridgehead atoms. The summed E-state index contributed by atoms with van der Waals surface area (Å²) < 4.78 is 4.89. The second-order valence-corrected chi connectivity index (χ2v) is 4.81. The summed E-state index contributed by atoms with van der Waals surface area (Å²) in [5.74, 6) is -0.0835. The Morgan fingerprint density at radius 2 is 2.00 bits per heavy atom. The van der Waals surface area contributed by atoms with Crippen LogP contribution in [0.2, 0.25) is 0 Å². The van der Waals surface area contributed by atoms with Gasteiger partial charge in [0.2, 0.25) is 0 Å². The van der Waals surface area contributed by atoms with E-state index in [4.69, 9.17) is 4.74 Å². The van der Waals surface area contributed by atoms with Gasteiger partial charge in [-0.1, -0.05) is 30.3 Å². The first-order valence-corrected chi connectivity index (χ1v) is 7.15. The van der Waals surface area contributed by atoms with Crippen LogP contribution in [0.5, 0.6) is 0 Å². The SMILES string of the molecule is CCOC(=O)CCCCNC(C)Cc1ccccc1. The van der Waals surface area contributed by atoms with Crippen LogP contribution in [0.1, 0.15) is 38.7 Å². The average molecular weight is 263 g/mol. The smallest absolute Gasteiger partial charge is 0.305 e. The second-order valence-electron chi connectivity index (χ2n) is 4.81. The van der Waals surface area contributed by atoms with E-state index in [-0.39, 0.29) is 5.97 Å². The summed E-state index contributed by atoms with van der Waals surface area (Å²) >= 11 is 0. The number of nitrogens with one attached hydrogen (secondary N) is 1. The van der Waals surface area contributed by atoms with Crippen molar-refractivity contribution in [3.05, 3.63) is 35.9 Å². The molecule has 0 saturated carbocycles. The van der Waals surface area contributed by atoms with Crippen molar-refractivity contribution in [3.63, 3.8) is 0 Å². The van der Waals surface area contributed by atoms with Crippen molar-refractivity contribution in [1.82, 2.24) is 5.32 Å². The normalized spacial score (nSPS) is 12.1. The van der Waals surface area contributed by atoms with Gasteiger partial charge in [0.25, 0.3) is 0 Å². The number of carbonyl (C=O) groups is 1. The van der Waals surface area contributed by atoms with Gasteiger partial charge in [0.15, 0.2) is 0 Å². The maximum absolute atomic E-state index is 11.1. The van der Waals surface area contributed by atoms with Crippen LogP contribution in [0, 0.1) is 0 Å². The van der Waals surface area contributed by atoms with Crippen LogP contribution in [-0.4, -0.2) is 25.2 Å². The predicted octanol–water partition coefficient (Wildman–Crippen LogP) is 2.94. The number of hydrogen-bond donors (Lipinski definition) is 1. The zero-order valence-corrected chi connectivity index (χ0v) is 12.0. The molecule has 3 heteroatoms. The summed E-state index contributed by atoms with van der Waals surface area (Å²) in [5, 5.41) is 3.48. The van der Waals surface area contributed by atoms with Crippen molar-refractivity contribution in [2.45, 2.75) is 45.6 Å². The lowest BCUT2D eigenvalue weighted by atomic mass is 10.1. The molecule has 19 heavy (non-hydrogen) atoms. The molecule has 0 heterocycles. The van der Waals surface area contributed by atoms with E-state index in [1.165, 1.54) is 5.56 Å². The Hall–Kier alpha value is -1.35. The third-order valence-corrected chi connectivity index (χ3v) is 2.99. The third-order valence-electron chi connectivity index (χ3n) is 2.99. The van der Waals surface area contributed by atoms with Gasteiger partial charge in [-0.25, -0.2) is 0 Å². The fourth-order valence-corrected chi connectivity index (χ4v) is 2.02. The van der Waals surface area contributed by atoms with E-state index in [9.17, 15) is 4.79 Å². The van der Waals surface area contributed by atoms with E-state index >= 15 is 0 Å². The highest BCUT2D eigenvalue weighted by molar-refractivity contribution is 5.69. The quantitative estimate of drug-likeness (QED) is 0.550. The molecular formula is C16H25NO2.